The monoisotopic (exact) mass is 273 g/mol. The quantitative estimate of drug-likeness (QED) is 0.800. The Hall–Kier alpha value is -0.553. The van der Waals surface area contributed by atoms with Gasteiger partial charge in [0.2, 0.25) is 0 Å². The third kappa shape index (κ3) is 3.06. The van der Waals surface area contributed by atoms with E-state index in [1.807, 2.05) is 6.92 Å². The number of rotatable bonds is 3. The molecule has 5 heteroatoms. The topological polar surface area (TPSA) is 49.8 Å². The molecule has 1 saturated heterocycles. The molecule has 0 aromatic heterocycles. The second-order valence-corrected chi connectivity index (χ2v) is 11.9. The van der Waals surface area contributed by atoms with Crippen molar-refractivity contribution in [2.75, 3.05) is 13.2 Å². The van der Waals surface area contributed by atoms with Crippen molar-refractivity contribution in [2.24, 2.45) is 0 Å². The van der Waals surface area contributed by atoms with Crippen molar-refractivity contribution in [2.45, 2.75) is 64.2 Å². The van der Waals surface area contributed by atoms with Crippen LogP contribution in [0.2, 0.25) is 18.1 Å². The fourth-order valence-corrected chi connectivity index (χ4v) is 3.16. The normalized spacial score (nSPS) is 25.6. The van der Waals surface area contributed by atoms with Crippen LogP contribution in [-0.2, 0) is 4.43 Å². The molecule has 18 heavy (non-hydrogen) atoms. The number of hydrogen-bond acceptors (Lipinski definition) is 2. The van der Waals surface area contributed by atoms with Crippen molar-refractivity contribution < 1.29 is 14.3 Å². The van der Waals surface area contributed by atoms with Gasteiger partial charge in [0.1, 0.15) is 0 Å². The molecule has 1 heterocycles. The summed E-state index contributed by atoms with van der Waals surface area (Å²) in [7, 11) is -1.80. The lowest BCUT2D eigenvalue weighted by molar-refractivity contribution is 0.0743. The molecule has 0 bridgehead atoms. The highest BCUT2D eigenvalue weighted by Crippen LogP contribution is 2.38. The molecular weight excluding hydrogens is 246 g/mol. The molecule has 0 aliphatic carbocycles. The zero-order chi connectivity index (χ0) is 14.2. The molecule has 1 unspecified atom stereocenters. The minimum Gasteiger partial charge on any atom is -0.465 e. The molecule has 0 aromatic rings. The summed E-state index contributed by atoms with van der Waals surface area (Å²) in [4.78, 5) is 12.8. The van der Waals surface area contributed by atoms with Crippen LogP contribution in [0.4, 0.5) is 4.79 Å². The van der Waals surface area contributed by atoms with Gasteiger partial charge in [-0.1, -0.05) is 20.8 Å². The van der Waals surface area contributed by atoms with E-state index in [-0.39, 0.29) is 10.6 Å². The molecule has 106 valence electrons. The summed E-state index contributed by atoms with van der Waals surface area (Å²) in [5.74, 6) is 0. The third-order valence-electron chi connectivity index (χ3n) is 4.53. The first-order valence-electron chi connectivity index (χ1n) is 6.64. The SMILES string of the molecule is CC1(CO[Si](C)(C)C(C)(C)C)CCCN1C(=O)O. The van der Waals surface area contributed by atoms with E-state index in [1.165, 1.54) is 0 Å². The molecule has 1 N–H and O–H groups in total. The standard InChI is InChI=1S/C13H27NO3Si/c1-12(2,3)18(5,6)17-10-13(4)8-7-9-14(13)11(15)16/h7-10H2,1-6H3,(H,15,16). The van der Waals surface area contributed by atoms with Crippen molar-refractivity contribution >= 4 is 14.4 Å². The fourth-order valence-electron chi connectivity index (χ4n) is 2.05. The molecule has 0 radical (unpaired) electrons. The van der Waals surface area contributed by atoms with Gasteiger partial charge in [0.05, 0.1) is 12.1 Å². The minimum absolute atomic E-state index is 0.163. The summed E-state index contributed by atoms with van der Waals surface area (Å²) < 4.78 is 6.20. The largest absolute Gasteiger partial charge is 0.465 e. The molecule has 4 nitrogen and oxygen atoms in total. The van der Waals surface area contributed by atoms with E-state index in [0.29, 0.717) is 13.2 Å². The summed E-state index contributed by atoms with van der Waals surface area (Å²) in [6.07, 6.45) is 1.01. The third-order valence-corrected chi connectivity index (χ3v) is 9.01. The van der Waals surface area contributed by atoms with Gasteiger partial charge in [-0.25, -0.2) is 4.79 Å². The maximum atomic E-state index is 11.2. The van der Waals surface area contributed by atoms with E-state index in [9.17, 15) is 9.90 Å². The Labute approximate surface area is 111 Å². The molecule has 0 saturated carbocycles. The number of carboxylic acid groups (broad SMARTS) is 1. The summed E-state index contributed by atoms with van der Waals surface area (Å²) >= 11 is 0. The Balaban J connectivity index is 2.70. The lowest BCUT2D eigenvalue weighted by atomic mass is 10.0. The Morgan fingerprint density at radius 1 is 1.44 bits per heavy atom. The van der Waals surface area contributed by atoms with Crippen molar-refractivity contribution in [1.82, 2.24) is 4.90 Å². The predicted molar refractivity (Wildman–Crippen MR) is 75.5 cm³/mol. The van der Waals surface area contributed by atoms with E-state index in [4.69, 9.17) is 4.43 Å². The first kappa shape index (κ1) is 15.5. The fraction of sp³-hybridized carbons (Fsp3) is 0.923. The van der Waals surface area contributed by atoms with Crippen LogP contribution in [0.25, 0.3) is 0 Å². The smallest absolute Gasteiger partial charge is 0.407 e. The highest BCUT2D eigenvalue weighted by Gasteiger charge is 2.44. The highest BCUT2D eigenvalue weighted by atomic mass is 28.4. The van der Waals surface area contributed by atoms with Crippen LogP contribution in [0.5, 0.6) is 0 Å². The second-order valence-electron chi connectivity index (χ2n) is 7.08. The number of nitrogens with zero attached hydrogens (tertiary/aromatic N) is 1. The first-order chi connectivity index (χ1) is 8.00. The molecule has 0 spiro atoms. The zero-order valence-corrected chi connectivity index (χ0v) is 13.5. The molecule has 1 fully saturated rings. The summed E-state index contributed by atoms with van der Waals surface area (Å²) in [5.41, 5.74) is -0.346. The number of hydrogen-bond donors (Lipinski definition) is 1. The first-order valence-corrected chi connectivity index (χ1v) is 9.55. The van der Waals surface area contributed by atoms with Crippen LogP contribution < -0.4 is 0 Å². The van der Waals surface area contributed by atoms with Crippen LogP contribution in [-0.4, -0.2) is 43.1 Å². The van der Waals surface area contributed by atoms with Gasteiger partial charge in [-0.3, -0.25) is 0 Å². The molecule has 1 amide bonds. The Morgan fingerprint density at radius 2 is 2.00 bits per heavy atom. The van der Waals surface area contributed by atoms with E-state index in [0.717, 1.165) is 12.8 Å². The molecule has 1 atom stereocenters. The van der Waals surface area contributed by atoms with Gasteiger partial charge in [-0.15, -0.1) is 0 Å². The van der Waals surface area contributed by atoms with Gasteiger partial charge < -0.3 is 14.4 Å². The Morgan fingerprint density at radius 3 is 2.44 bits per heavy atom. The summed E-state index contributed by atoms with van der Waals surface area (Å²) in [6, 6.07) is 0. The van der Waals surface area contributed by atoms with Gasteiger partial charge in [-0.05, 0) is 37.9 Å². The van der Waals surface area contributed by atoms with E-state index in [2.05, 4.69) is 33.9 Å². The number of amides is 1. The van der Waals surface area contributed by atoms with Gasteiger partial charge in [0, 0.05) is 6.54 Å². The van der Waals surface area contributed by atoms with Crippen molar-refractivity contribution in [3.63, 3.8) is 0 Å². The molecule has 1 aliphatic rings. The minimum atomic E-state index is -1.80. The van der Waals surface area contributed by atoms with Crippen LogP contribution in [0.15, 0.2) is 0 Å². The summed E-state index contributed by atoms with van der Waals surface area (Å²) in [5, 5.41) is 9.38. The molecular formula is C13H27NO3Si. The van der Waals surface area contributed by atoms with Crippen LogP contribution >= 0.6 is 0 Å². The number of carbonyl (C=O) groups is 1. The van der Waals surface area contributed by atoms with Crippen LogP contribution in [0.3, 0.4) is 0 Å². The predicted octanol–water partition coefficient (Wildman–Crippen LogP) is 3.54. The van der Waals surface area contributed by atoms with E-state index in [1.54, 1.807) is 4.90 Å². The lowest BCUT2D eigenvalue weighted by Crippen LogP contribution is -2.51. The average Bonchev–Trinajstić information content (AvgIpc) is 2.57. The summed E-state index contributed by atoms with van der Waals surface area (Å²) in [6.45, 7) is 14.2. The molecule has 1 aliphatic heterocycles. The second kappa shape index (κ2) is 4.85. The Kier molecular flexibility index (Phi) is 4.18. The van der Waals surface area contributed by atoms with Crippen LogP contribution in [0, 0.1) is 0 Å². The zero-order valence-electron chi connectivity index (χ0n) is 12.5. The van der Waals surface area contributed by atoms with Crippen molar-refractivity contribution in [3.05, 3.63) is 0 Å². The maximum Gasteiger partial charge on any atom is 0.407 e. The highest BCUT2D eigenvalue weighted by molar-refractivity contribution is 6.74. The maximum absolute atomic E-state index is 11.2. The van der Waals surface area contributed by atoms with E-state index < -0.39 is 14.4 Å². The van der Waals surface area contributed by atoms with Gasteiger partial charge >= 0.3 is 6.09 Å². The van der Waals surface area contributed by atoms with Crippen LogP contribution in [0.1, 0.15) is 40.5 Å². The van der Waals surface area contributed by atoms with E-state index >= 15 is 0 Å². The van der Waals surface area contributed by atoms with Crippen molar-refractivity contribution in [3.8, 4) is 0 Å². The lowest BCUT2D eigenvalue weighted by Gasteiger charge is -2.41. The average molecular weight is 273 g/mol. The van der Waals surface area contributed by atoms with Gasteiger partial charge in [0.25, 0.3) is 0 Å². The molecule has 1 rings (SSSR count). The Bertz CT molecular complexity index is 325. The van der Waals surface area contributed by atoms with Gasteiger partial charge in [0.15, 0.2) is 8.32 Å². The van der Waals surface area contributed by atoms with Gasteiger partial charge in [-0.2, -0.15) is 0 Å². The van der Waals surface area contributed by atoms with Crippen molar-refractivity contribution in [1.29, 1.82) is 0 Å². The number of likely N-dealkylation sites (tertiary alicyclic amines) is 1. The molecule has 0 aromatic carbocycles.